The number of aliphatic hydroxyl groups is 1. The molecule has 3 aliphatic heterocycles. The molecule has 294 valence electrons. The summed E-state index contributed by atoms with van der Waals surface area (Å²) in [7, 11) is -0.794. The molecule has 0 bridgehead atoms. The third-order valence-electron chi connectivity index (χ3n) is 12.2. The zero-order valence-corrected chi connectivity index (χ0v) is 33.9. The van der Waals surface area contributed by atoms with Gasteiger partial charge in [-0.05, 0) is 78.7 Å². The SMILES string of the molecule is COc1ccc([Si](C)(C)[C@H]2[C@H](CCn3cc(CCO)nn3)O[C@@]3(C(=O)N(c4ccccc4)c4ccc(N5C(=O)c6ccccc6Oc6ccccc65)cc43)[C@@H]2C)cc1. The van der Waals surface area contributed by atoms with Crippen LogP contribution in [-0.4, -0.2) is 59.8 Å². The third-order valence-corrected chi connectivity index (χ3v) is 16.6. The highest BCUT2D eigenvalue weighted by Crippen LogP contribution is 2.62. The summed E-state index contributed by atoms with van der Waals surface area (Å²) in [5.41, 5.74) is 3.09. The van der Waals surface area contributed by atoms with Crippen molar-refractivity contribution in [1.29, 1.82) is 0 Å². The van der Waals surface area contributed by atoms with Crippen molar-refractivity contribution in [3.63, 3.8) is 0 Å². The van der Waals surface area contributed by atoms with E-state index in [4.69, 9.17) is 14.2 Å². The van der Waals surface area contributed by atoms with E-state index < -0.39 is 13.7 Å². The van der Waals surface area contributed by atoms with E-state index in [1.165, 1.54) is 5.19 Å². The quantitative estimate of drug-likeness (QED) is 0.139. The number of hydrogen-bond donors (Lipinski definition) is 1. The van der Waals surface area contributed by atoms with Crippen molar-refractivity contribution >= 4 is 47.8 Å². The first-order valence-electron chi connectivity index (χ1n) is 19.7. The number of aliphatic hydroxyl groups excluding tert-OH is 1. The molecule has 1 aromatic heterocycles. The van der Waals surface area contributed by atoms with Gasteiger partial charge in [0, 0.05) is 48.6 Å². The number of rotatable bonds is 10. The second-order valence-electron chi connectivity index (χ2n) is 15.8. The van der Waals surface area contributed by atoms with Gasteiger partial charge in [0.05, 0.1) is 43.9 Å². The summed E-state index contributed by atoms with van der Waals surface area (Å²) in [5, 5.41) is 19.4. The molecule has 0 unspecified atom stereocenters. The fraction of sp³-hybridized carbons (Fsp3) is 0.261. The minimum absolute atomic E-state index is 0.0102. The molecule has 0 saturated carbocycles. The van der Waals surface area contributed by atoms with Gasteiger partial charge in [-0.2, -0.15) is 0 Å². The summed E-state index contributed by atoms with van der Waals surface area (Å²) in [6, 6.07) is 38.6. The molecule has 4 heterocycles. The van der Waals surface area contributed by atoms with Gasteiger partial charge in [0.25, 0.3) is 11.8 Å². The summed E-state index contributed by atoms with van der Waals surface area (Å²) < 4.78 is 21.1. The molecule has 58 heavy (non-hydrogen) atoms. The molecule has 1 fully saturated rings. The number of carbonyl (C=O) groups excluding carboxylic acids is 2. The smallest absolute Gasteiger partial charge is 0.268 e. The van der Waals surface area contributed by atoms with Crippen LogP contribution in [0, 0.1) is 5.92 Å². The molecule has 6 aromatic rings. The van der Waals surface area contributed by atoms with Crippen LogP contribution in [-0.2, 0) is 28.1 Å². The van der Waals surface area contributed by atoms with E-state index in [0.717, 1.165) is 11.4 Å². The van der Waals surface area contributed by atoms with Gasteiger partial charge in [-0.15, -0.1) is 5.10 Å². The minimum Gasteiger partial charge on any atom is -0.497 e. The first-order chi connectivity index (χ1) is 28.1. The average Bonchev–Trinajstić information content (AvgIpc) is 3.87. The van der Waals surface area contributed by atoms with E-state index in [-0.39, 0.29) is 36.0 Å². The van der Waals surface area contributed by atoms with Crippen LogP contribution in [0.5, 0.6) is 17.2 Å². The molecule has 11 nitrogen and oxygen atoms in total. The maximum Gasteiger partial charge on any atom is 0.268 e. The second-order valence-corrected chi connectivity index (χ2v) is 20.5. The lowest BCUT2D eigenvalue weighted by Crippen LogP contribution is -2.51. The number of amides is 2. The lowest BCUT2D eigenvalue weighted by Gasteiger charge is -2.37. The molecule has 4 atom stereocenters. The number of anilines is 4. The molecule has 2 amide bonds. The average molecular weight is 792 g/mol. The summed E-state index contributed by atoms with van der Waals surface area (Å²) >= 11 is 0. The lowest BCUT2D eigenvalue weighted by atomic mass is 9.82. The Morgan fingerprint density at radius 1 is 0.828 bits per heavy atom. The Bertz CT molecular complexity index is 2510. The van der Waals surface area contributed by atoms with Crippen LogP contribution in [0.15, 0.2) is 128 Å². The highest BCUT2D eigenvalue weighted by atomic mass is 28.3. The maximum atomic E-state index is 15.6. The van der Waals surface area contributed by atoms with Gasteiger partial charge in [0.1, 0.15) is 11.5 Å². The lowest BCUT2D eigenvalue weighted by molar-refractivity contribution is -0.145. The summed E-state index contributed by atoms with van der Waals surface area (Å²) in [6.07, 6.45) is 2.51. The Morgan fingerprint density at radius 3 is 2.31 bits per heavy atom. The van der Waals surface area contributed by atoms with Crippen molar-refractivity contribution in [2.75, 3.05) is 23.5 Å². The third kappa shape index (κ3) is 6.02. The number of benzene rings is 5. The van der Waals surface area contributed by atoms with Gasteiger partial charge in [-0.25, -0.2) is 0 Å². The molecule has 9 rings (SSSR count). The molecular formula is C46H45N5O6Si. The van der Waals surface area contributed by atoms with Crippen molar-refractivity contribution in [3.05, 3.63) is 144 Å². The van der Waals surface area contributed by atoms with E-state index in [1.54, 1.807) is 33.7 Å². The van der Waals surface area contributed by atoms with Gasteiger partial charge in [-0.1, -0.05) is 85.0 Å². The molecule has 0 aliphatic carbocycles. The standard InChI is InChI=1S/C46H45N5O6Si/c1-30-43(58(3,4)35-21-19-34(55-2)20-22-35)42(24-26-49-29-31(25-27-52)47-48-49)57-46(30)37-28-33(18-23-38(37)51(45(46)54)32-12-6-5-7-13-32)50-39-15-9-11-17-41(39)56-40-16-10-8-14-36(40)44(50)53/h5-23,28-30,42-43,52H,24-27H2,1-4H3/t30-,42+,43-,46+/m1/s1. The van der Waals surface area contributed by atoms with Crippen molar-refractivity contribution in [1.82, 2.24) is 15.0 Å². The first-order valence-corrected chi connectivity index (χ1v) is 22.8. The maximum absolute atomic E-state index is 15.6. The van der Waals surface area contributed by atoms with Gasteiger partial charge in [0.15, 0.2) is 11.4 Å². The van der Waals surface area contributed by atoms with Crippen LogP contribution < -0.4 is 24.5 Å². The number of methoxy groups -OCH3 is 1. The van der Waals surface area contributed by atoms with E-state index in [2.05, 4.69) is 42.5 Å². The van der Waals surface area contributed by atoms with Gasteiger partial charge in [-0.3, -0.25) is 24.1 Å². The number of hydrogen-bond acceptors (Lipinski definition) is 8. The number of ether oxygens (including phenoxy) is 3. The molecule has 1 N–H and O–H groups in total. The van der Waals surface area contributed by atoms with Crippen LogP contribution in [0.4, 0.5) is 22.7 Å². The molecule has 3 aliphatic rings. The predicted octanol–water partition coefficient (Wildman–Crippen LogP) is 7.89. The Morgan fingerprint density at radius 2 is 1.55 bits per heavy atom. The second kappa shape index (κ2) is 14.7. The van der Waals surface area contributed by atoms with E-state index in [1.807, 2.05) is 103 Å². The molecule has 0 radical (unpaired) electrons. The monoisotopic (exact) mass is 791 g/mol. The zero-order chi connectivity index (χ0) is 40.2. The highest BCUT2D eigenvalue weighted by Gasteiger charge is 2.66. The Kier molecular flexibility index (Phi) is 9.50. The molecular weight excluding hydrogens is 747 g/mol. The van der Waals surface area contributed by atoms with E-state index >= 15 is 4.79 Å². The Hall–Kier alpha value is -6.08. The summed E-state index contributed by atoms with van der Waals surface area (Å²) in [4.78, 5) is 33.7. The van der Waals surface area contributed by atoms with Crippen molar-refractivity contribution < 1.29 is 28.9 Å². The summed E-state index contributed by atoms with van der Waals surface area (Å²) in [6.45, 7) is 7.38. The van der Waals surface area contributed by atoms with Crippen LogP contribution in [0.2, 0.25) is 18.6 Å². The van der Waals surface area contributed by atoms with Gasteiger partial charge < -0.3 is 19.3 Å². The highest BCUT2D eigenvalue weighted by molar-refractivity contribution is 6.91. The molecule has 1 spiro atoms. The minimum atomic E-state index is -2.46. The van der Waals surface area contributed by atoms with E-state index in [9.17, 15) is 9.90 Å². The zero-order valence-electron chi connectivity index (χ0n) is 32.9. The number of carbonyl (C=O) groups is 2. The normalized spacial score (nSPS) is 21.1. The number of nitrogens with zero attached hydrogens (tertiary/aromatic N) is 5. The number of fused-ring (bicyclic) bond motifs is 4. The van der Waals surface area contributed by atoms with Crippen LogP contribution in [0.3, 0.4) is 0 Å². The number of para-hydroxylation sites is 4. The van der Waals surface area contributed by atoms with Crippen molar-refractivity contribution in [3.8, 4) is 17.2 Å². The Balaban J connectivity index is 1.21. The van der Waals surface area contributed by atoms with Crippen LogP contribution in [0.25, 0.3) is 0 Å². The van der Waals surface area contributed by atoms with Crippen LogP contribution >= 0.6 is 0 Å². The predicted molar refractivity (Wildman–Crippen MR) is 224 cm³/mol. The van der Waals surface area contributed by atoms with Crippen molar-refractivity contribution in [2.24, 2.45) is 5.92 Å². The van der Waals surface area contributed by atoms with Gasteiger partial charge >= 0.3 is 0 Å². The number of aryl methyl sites for hydroxylation is 1. The first kappa shape index (κ1) is 37.5. The molecule has 12 heteroatoms. The largest absolute Gasteiger partial charge is 0.497 e. The summed E-state index contributed by atoms with van der Waals surface area (Å²) in [5.74, 6) is 1.12. The molecule has 1 saturated heterocycles. The number of aromatic nitrogens is 3. The van der Waals surface area contributed by atoms with E-state index in [0.29, 0.717) is 64.8 Å². The van der Waals surface area contributed by atoms with Crippen LogP contribution in [0.1, 0.15) is 35.0 Å². The topological polar surface area (TPSA) is 119 Å². The fourth-order valence-electron chi connectivity index (χ4n) is 9.47. The Labute approximate surface area is 338 Å². The van der Waals surface area contributed by atoms with Gasteiger partial charge in [0.2, 0.25) is 0 Å². The van der Waals surface area contributed by atoms with Crippen molar-refractivity contribution in [2.45, 2.75) is 56.7 Å². The molecule has 5 aromatic carbocycles. The fourth-order valence-corrected chi connectivity index (χ4v) is 13.5.